The van der Waals surface area contributed by atoms with Crippen molar-refractivity contribution >= 4 is 23.4 Å². The second kappa shape index (κ2) is 8.23. The molecule has 0 radical (unpaired) electrons. The van der Waals surface area contributed by atoms with E-state index in [1.807, 2.05) is 41.3 Å². The molecule has 2 aliphatic heterocycles. The number of hydrogen-bond donors (Lipinski definition) is 0. The van der Waals surface area contributed by atoms with Crippen molar-refractivity contribution < 1.29 is 23.6 Å². The predicted octanol–water partition coefficient (Wildman–Crippen LogP) is 5.49. The fraction of sp³-hybridized carbons (Fsp3) is 0.222. The van der Waals surface area contributed by atoms with Crippen molar-refractivity contribution in [2.45, 2.75) is 25.0 Å². The van der Waals surface area contributed by atoms with Crippen molar-refractivity contribution in [2.24, 2.45) is 0 Å². The summed E-state index contributed by atoms with van der Waals surface area (Å²) in [6.45, 7) is 4.42. The van der Waals surface area contributed by atoms with Gasteiger partial charge in [0.2, 0.25) is 5.72 Å². The third-order valence-electron chi connectivity index (χ3n) is 6.77. The zero-order chi connectivity index (χ0) is 24.8. The van der Waals surface area contributed by atoms with Gasteiger partial charge in [0.25, 0.3) is 5.69 Å². The highest BCUT2D eigenvalue weighted by Crippen LogP contribution is 2.54. The summed E-state index contributed by atoms with van der Waals surface area (Å²) in [5.74, 6) is -0.847. The highest BCUT2D eigenvalue weighted by atomic mass is 19.1. The number of nitro benzene ring substituents is 1. The van der Waals surface area contributed by atoms with Gasteiger partial charge in [-0.1, -0.05) is 30.3 Å². The molecule has 0 aliphatic carbocycles. The number of carbonyl (C=O) groups excluding carboxylic acids is 1. The molecule has 0 aromatic heterocycles. The average molecular weight is 474 g/mol. The van der Waals surface area contributed by atoms with Crippen LogP contribution in [0.3, 0.4) is 0 Å². The first-order valence-corrected chi connectivity index (χ1v) is 11.2. The van der Waals surface area contributed by atoms with E-state index < -0.39 is 27.8 Å². The van der Waals surface area contributed by atoms with Gasteiger partial charge in [-0.3, -0.25) is 10.1 Å². The lowest BCUT2D eigenvalue weighted by Crippen LogP contribution is -2.60. The number of hydrogen-bond acceptors (Lipinski definition) is 6. The second-order valence-electron chi connectivity index (χ2n) is 9.02. The number of nitrogens with zero attached hydrogens (tertiary/aromatic N) is 2. The lowest BCUT2D eigenvalue weighted by Gasteiger charge is -2.47. The topological polar surface area (TPSA) is 81.9 Å². The van der Waals surface area contributed by atoms with Gasteiger partial charge in [0.15, 0.2) is 0 Å². The van der Waals surface area contributed by atoms with Crippen LogP contribution in [0.2, 0.25) is 0 Å². The SMILES string of the molecule is CC1(C)c2ccccc2N(CCOC(=O)c2ccccc2F)[C@]12C=Cc1cc([N+](=O)[O-])ccc1O2. The summed E-state index contributed by atoms with van der Waals surface area (Å²) < 4.78 is 26.0. The van der Waals surface area contributed by atoms with Gasteiger partial charge < -0.3 is 14.4 Å². The van der Waals surface area contributed by atoms with Crippen molar-refractivity contribution in [2.75, 3.05) is 18.1 Å². The lowest BCUT2D eigenvalue weighted by molar-refractivity contribution is -0.384. The number of fused-ring (bicyclic) bond motifs is 2. The smallest absolute Gasteiger partial charge is 0.341 e. The monoisotopic (exact) mass is 474 g/mol. The van der Waals surface area contributed by atoms with Gasteiger partial charge in [0.05, 0.1) is 22.4 Å². The summed E-state index contributed by atoms with van der Waals surface area (Å²) >= 11 is 0. The van der Waals surface area contributed by atoms with Crippen LogP contribution in [-0.2, 0) is 10.2 Å². The third kappa shape index (κ3) is 3.53. The first-order chi connectivity index (χ1) is 16.7. The van der Waals surface area contributed by atoms with Crippen LogP contribution in [0.5, 0.6) is 5.75 Å². The Labute approximate surface area is 201 Å². The molecule has 178 valence electrons. The molecule has 0 amide bonds. The van der Waals surface area contributed by atoms with E-state index >= 15 is 0 Å². The van der Waals surface area contributed by atoms with Crippen molar-refractivity contribution in [1.29, 1.82) is 0 Å². The average Bonchev–Trinajstić information content (AvgIpc) is 3.02. The summed E-state index contributed by atoms with van der Waals surface area (Å²) in [6, 6.07) is 18.1. The minimum absolute atomic E-state index is 0.00362. The van der Waals surface area contributed by atoms with E-state index in [1.165, 1.54) is 30.3 Å². The molecule has 1 spiro atoms. The van der Waals surface area contributed by atoms with Crippen molar-refractivity contribution in [1.82, 2.24) is 0 Å². The van der Waals surface area contributed by atoms with E-state index in [2.05, 4.69) is 13.8 Å². The molecule has 2 aliphatic rings. The Morgan fingerprint density at radius 3 is 2.63 bits per heavy atom. The zero-order valence-corrected chi connectivity index (χ0v) is 19.2. The van der Waals surface area contributed by atoms with Crippen molar-refractivity contribution in [3.63, 3.8) is 0 Å². The quantitative estimate of drug-likeness (QED) is 0.276. The molecule has 35 heavy (non-hydrogen) atoms. The largest absolute Gasteiger partial charge is 0.463 e. The van der Waals surface area contributed by atoms with E-state index in [0.717, 1.165) is 11.3 Å². The van der Waals surface area contributed by atoms with Crippen LogP contribution in [0.4, 0.5) is 15.8 Å². The van der Waals surface area contributed by atoms with Crippen molar-refractivity contribution in [3.05, 3.63) is 105 Å². The van der Waals surface area contributed by atoms with Crippen LogP contribution in [-0.4, -0.2) is 29.8 Å². The summed E-state index contributed by atoms with van der Waals surface area (Å²) in [5.41, 5.74) is 0.971. The molecule has 3 aromatic carbocycles. The Kier molecular flexibility index (Phi) is 5.31. The molecule has 0 fully saturated rings. The van der Waals surface area contributed by atoms with E-state index in [1.54, 1.807) is 12.1 Å². The second-order valence-corrected chi connectivity index (χ2v) is 9.02. The maximum absolute atomic E-state index is 14.0. The van der Waals surface area contributed by atoms with Crippen molar-refractivity contribution in [3.8, 4) is 5.75 Å². The first kappa shape index (κ1) is 22.6. The molecule has 0 N–H and O–H groups in total. The number of rotatable bonds is 5. The third-order valence-corrected chi connectivity index (χ3v) is 6.77. The molecule has 7 nitrogen and oxygen atoms in total. The molecule has 0 saturated carbocycles. The summed E-state index contributed by atoms with van der Waals surface area (Å²) in [5, 5.41) is 11.2. The molecule has 0 unspecified atom stereocenters. The van der Waals surface area contributed by atoms with Crippen LogP contribution in [0.25, 0.3) is 6.08 Å². The minimum Gasteiger partial charge on any atom is -0.463 e. The van der Waals surface area contributed by atoms with Gasteiger partial charge >= 0.3 is 5.97 Å². The number of anilines is 1. The van der Waals surface area contributed by atoms with Crippen LogP contribution < -0.4 is 9.64 Å². The molecular formula is C27H23FN2O5. The number of ether oxygens (including phenoxy) is 2. The van der Waals surface area contributed by atoms with Gasteiger partial charge in [-0.05, 0) is 55.8 Å². The van der Waals surface area contributed by atoms with Gasteiger partial charge in [-0.15, -0.1) is 0 Å². The van der Waals surface area contributed by atoms with Crippen LogP contribution >= 0.6 is 0 Å². The Balaban J connectivity index is 1.47. The molecule has 3 aromatic rings. The van der Waals surface area contributed by atoms with Crippen LogP contribution in [0, 0.1) is 15.9 Å². The molecule has 0 bridgehead atoms. The molecule has 2 heterocycles. The van der Waals surface area contributed by atoms with E-state index in [9.17, 15) is 19.3 Å². The standard InChI is InChI=1S/C27H23FN2O5/c1-26(2)21-8-4-6-10-23(21)29(15-16-34-25(31)20-7-3-5-9-22(20)28)27(26)14-13-18-17-19(30(32)33)11-12-24(18)35-27/h3-14,17H,15-16H2,1-2H3/t27-/m0/s1. The summed E-state index contributed by atoms with van der Waals surface area (Å²) in [4.78, 5) is 25.2. The lowest BCUT2D eigenvalue weighted by atomic mass is 9.76. The number of non-ortho nitro benzene ring substituents is 1. The number of carbonyl (C=O) groups is 1. The van der Waals surface area contributed by atoms with E-state index in [0.29, 0.717) is 11.3 Å². The van der Waals surface area contributed by atoms with E-state index in [-0.39, 0.29) is 24.4 Å². The Hall–Kier alpha value is -4.20. The number of halogens is 1. The van der Waals surface area contributed by atoms with Gasteiger partial charge in [-0.25, -0.2) is 9.18 Å². The van der Waals surface area contributed by atoms with Gasteiger partial charge in [0, 0.05) is 23.4 Å². The molecular weight excluding hydrogens is 451 g/mol. The number of nitro groups is 1. The maximum Gasteiger partial charge on any atom is 0.341 e. The first-order valence-electron chi connectivity index (χ1n) is 11.2. The van der Waals surface area contributed by atoms with Crippen LogP contribution in [0.1, 0.15) is 35.3 Å². The summed E-state index contributed by atoms with van der Waals surface area (Å²) in [6.07, 6.45) is 3.73. The molecule has 5 rings (SSSR count). The predicted molar refractivity (Wildman–Crippen MR) is 129 cm³/mol. The fourth-order valence-corrected chi connectivity index (χ4v) is 4.93. The number of esters is 1. The minimum atomic E-state index is -0.968. The zero-order valence-electron chi connectivity index (χ0n) is 19.2. The number of benzene rings is 3. The van der Waals surface area contributed by atoms with E-state index in [4.69, 9.17) is 9.47 Å². The Morgan fingerprint density at radius 1 is 1.11 bits per heavy atom. The number of para-hydroxylation sites is 1. The van der Waals surface area contributed by atoms with Gasteiger partial charge in [0.1, 0.15) is 18.2 Å². The maximum atomic E-state index is 14.0. The van der Waals surface area contributed by atoms with Crippen LogP contribution in [0.15, 0.2) is 72.8 Å². The molecule has 0 saturated heterocycles. The molecule has 8 heteroatoms. The Bertz CT molecular complexity index is 1370. The normalized spacial score (nSPS) is 19.1. The highest BCUT2D eigenvalue weighted by molar-refractivity contribution is 5.89. The highest BCUT2D eigenvalue weighted by Gasteiger charge is 2.58. The summed E-state index contributed by atoms with van der Waals surface area (Å²) in [7, 11) is 0. The molecule has 1 atom stereocenters. The fourth-order valence-electron chi connectivity index (χ4n) is 4.93. The Morgan fingerprint density at radius 2 is 1.86 bits per heavy atom. The van der Waals surface area contributed by atoms with Gasteiger partial charge in [-0.2, -0.15) is 0 Å².